The van der Waals surface area contributed by atoms with Gasteiger partial charge in [0.15, 0.2) is 0 Å². The Bertz CT molecular complexity index is 1280. The predicted octanol–water partition coefficient (Wildman–Crippen LogP) is 3.60. The molecule has 0 unspecified atom stereocenters. The Hall–Kier alpha value is -3.05. The number of rotatable bonds is 4. The molecular formula is C22H20ClN3O2. The van der Waals surface area contributed by atoms with E-state index in [1.54, 1.807) is 7.05 Å². The molecule has 0 atom stereocenters. The largest absolute Gasteiger partial charge is 0.344 e. The van der Waals surface area contributed by atoms with Crippen molar-refractivity contribution in [2.45, 2.75) is 13.0 Å². The van der Waals surface area contributed by atoms with E-state index >= 15 is 0 Å². The lowest BCUT2D eigenvalue weighted by Crippen LogP contribution is -2.36. The lowest BCUT2D eigenvalue weighted by molar-refractivity contribution is 0.704. The molecule has 0 saturated carbocycles. The summed E-state index contributed by atoms with van der Waals surface area (Å²) in [7, 11) is 3.18. The van der Waals surface area contributed by atoms with Gasteiger partial charge in [-0.05, 0) is 18.1 Å². The van der Waals surface area contributed by atoms with E-state index in [-0.39, 0.29) is 11.2 Å². The highest BCUT2D eigenvalue weighted by Crippen LogP contribution is 2.33. The molecule has 0 bridgehead atoms. The van der Waals surface area contributed by atoms with Crippen LogP contribution >= 0.6 is 11.6 Å². The van der Waals surface area contributed by atoms with Gasteiger partial charge in [-0.1, -0.05) is 60.1 Å². The van der Waals surface area contributed by atoms with Crippen molar-refractivity contribution in [2.24, 2.45) is 14.1 Å². The molecule has 2 aromatic carbocycles. The first kappa shape index (κ1) is 18.3. The van der Waals surface area contributed by atoms with Crippen LogP contribution in [0.15, 0.2) is 70.4 Å². The van der Waals surface area contributed by atoms with Crippen LogP contribution in [0.4, 0.5) is 0 Å². The van der Waals surface area contributed by atoms with Crippen LogP contribution in [-0.2, 0) is 27.1 Å². The van der Waals surface area contributed by atoms with Crippen molar-refractivity contribution in [1.29, 1.82) is 0 Å². The van der Waals surface area contributed by atoms with Crippen LogP contribution in [0.3, 0.4) is 0 Å². The van der Waals surface area contributed by atoms with Crippen LogP contribution in [0, 0.1) is 0 Å². The number of hydrogen-bond donors (Lipinski definition) is 0. The van der Waals surface area contributed by atoms with Crippen LogP contribution in [0.5, 0.6) is 0 Å². The SMILES string of the molecule is Cn1c(=O)c2c(-c3ccccc3Cl)n(CCc3ccccc3)cc2n(C)c1=O. The molecule has 0 fully saturated rings. The molecule has 5 nitrogen and oxygen atoms in total. The van der Waals surface area contributed by atoms with Gasteiger partial charge in [-0.15, -0.1) is 0 Å². The standard InChI is InChI=1S/C22H20ClN3O2/c1-24-18-14-26(13-12-15-8-4-3-5-9-15)20(16-10-6-7-11-17(16)23)19(18)21(27)25(2)22(24)28/h3-11,14H,12-13H2,1-2H3. The van der Waals surface area contributed by atoms with Crippen LogP contribution in [0.25, 0.3) is 22.2 Å². The van der Waals surface area contributed by atoms with Crippen molar-refractivity contribution in [3.8, 4) is 11.3 Å². The van der Waals surface area contributed by atoms with Crippen LogP contribution in [0.1, 0.15) is 5.56 Å². The molecule has 0 aliphatic rings. The summed E-state index contributed by atoms with van der Waals surface area (Å²) in [5, 5.41) is 1.07. The van der Waals surface area contributed by atoms with Gasteiger partial charge in [0.1, 0.15) is 0 Å². The average Bonchev–Trinajstić information content (AvgIpc) is 3.10. The van der Waals surface area contributed by atoms with Gasteiger partial charge in [0.25, 0.3) is 5.56 Å². The molecule has 0 aliphatic heterocycles. The number of nitrogens with zero attached hydrogens (tertiary/aromatic N) is 3. The fourth-order valence-corrected chi connectivity index (χ4v) is 3.83. The van der Waals surface area contributed by atoms with Crippen LogP contribution < -0.4 is 11.2 Å². The number of benzene rings is 2. The topological polar surface area (TPSA) is 48.9 Å². The van der Waals surface area contributed by atoms with Gasteiger partial charge in [0.2, 0.25) is 0 Å². The van der Waals surface area contributed by atoms with Gasteiger partial charge < -0.3 is 4.57 Å². The highest BCUT2D eigenvalue weighted by atomic mass is 35.5. The number of hydrogen-bond acceptors (Lipinski definition) is 2. The Morgan fingerprint density at radius 1 is 0.893 bits per heavy atom. The van der Waals surface area contributed by atoms with Crippen LogP contribution in [-0.4, -0.2) is 13.7 Å². The number of aromatic nitrogens is 3. The molecule has 0 amide bonds. The van der Waals surface area contributed by atoms with E-state index in [1.165, 1.54) is 17.2 Å². The summed E-state index contributed by atoms with van der Waals surface area (Å²) >= 11 is 6.48. The Labute approximate surface area is 167 Å². The molecular weight excluding hydrogens is 374 g/mol. The highest BCUT2D eigenvalue weighted by molar-refractivity contribution is 6.33. The fraction of sp³-hybridized carbons (Fsp3) is 0.182. The summed E-state index contributed by atoms with van der Waals surface area (Å²) in [5.41, 5.74) is 2.67. The summed E-state index contributed by atoms with van der Waals surface area (Å²) in [5.74, 6) is 0. The second kappa shape index (κ2) is 7.17. The number of fused-ring (bicyclic) bond motifs is 1. The Balaban J connectivity index is 1.98. The lowest BCUT2D eigenvalue weighted by atomic mass is 10.1. The normalized spacial score (nSPS) is 11.2. The Morgan fingerprint density at radius 2 is 1.57 bits per heavy atom. The fourth-order valence-electron chi connectivity index (χ4n) is 3.60. The van der Waals surface area contributed by atoms with E-state index in [4.69, 9.17) is 11.6 Å². The third-order valence-corrected chi connectivity index (χ3v) is 5.45. The first-order valence-corrected chi connectivity index (χ1v) is 9.44. The Morgan fingerprint density at radius 3 is 2.29 bits per heavy atom. The minimum absolute atomic E-state index is 0.313. The number of aryl methyl sites for hydroxylation is 3. The second-order valence-corrected chi connectivity index (χ2v) is 7.26. The van der Waals surface area contributed by atoms with Gasteiger partial charge in [0, 0.05) is 37.4 Å². The molecule has 0 radical (unpaired) electrons. The van der Waals surface area contributed by atoms with Gasteiger partial charge in [-0.25, -0.2) is 4.79 Å². The van der Waals surface area contributed by atoms with Crippen molar-refractivity contribution >= 4 is 22.5 Å². The average molecular weight is 394 g/mol. The quantitative estimate of drug-likeness (QED) is 0.532. The zero-order chi connectivity index (χ0) is 19.8. The van der Waals surface area contributed by atoms with Crippen molar-refractivity contribution in [3.05, 3.63) is 92.2 Å². The van der Waals surface area contributed by atoms with Crippen molar-refractivity contribution in [1.82, 2.24) is 13.7 Å². The number of halogens is 1. The van der Waals surface area contributed by atoms with Gasteiger partial charge in [-0.3, -0.25) is 13.9 Å². The summed E-state index contributed by atoms with van der Waals surface area (Å²) in [4.78, 5) is 25.4. The zero-order valence-electron chi connectivity index (χ0n) is 15.7. The molecule has 0 aliphatic carbocycles. The first-order valence-electron chi connectivity index (χ1n) is 9.06. The monoisotopic (exact) mass is 393 g/mol. The molecule has 0 N–H and O–H groups in total. The van der Waals surface area contributed by atoms with E-state index in [0.717, 1.165) is 22.2 Å². The minimum atomic E-state index is -0.344. The summed E-state index contributed by atoms with van der Waals surface area (Å²) in [6.45, 7) is 0.663. The van der Waals surface area contributed by atoms with Crippen LogP contribution in [0.2, 0.25) is 5.02 Å². The maximum Gasteiger partial charge on any atom is 0.330 e. The smallest absolute Gasteiger partial charge is 0.330 e. The highest BCUT2D eigenvalue weighted by Gasteiger charge is 2.20. The van der Waals surface area contributed by atoms with Crippen molar-refractivity contribution in [3.63, 3.8) is 0 Å². The van der Waals surface area contributed by atoms with E-state index in [1.807, 2.05) is 53.2 Å². The maximum absolute atomic E-state index is 13.0. The molecule has 4 rings (SSSR count). The molecule has 4 aromatic rings. The first-order chi connectivity index (χ1) is 13.5. The Kier molecular flexibility index (Phi) is 4.69. The molecule has 2 heterocycles. The van der Waals surface area contributed by atoms with Gasteiger partial charge in [0.05, 0.1) is 16.6 Å². The molecule has 28 heavy (non-hydrogen) atoms. The van der Waals surface area contributed by atoms with Crippen molar-refractivity contribution < 1.29 is 0 Å². The molecule has 0 saturated heterocycles. The third-order valence-electron chi connectivity index (χ3n) is 5.13. The van der Waals surface area contributed by atoms with Gasteiger partial charge >= 0.3 is 5.69 Å². The maximum atomic E-state index is 13.0. The van der Waals surface area contributed by atoms with Crippen molar-refractivity contribution in [2.75, 3.05) is 0 Å². The van der Waals surface area contributed by atoms with E-state index in [0.29, 0.717) is 22.5 Å². The van der Waals surface area contributed by atoms with E-state index < -0.39 is 0 Å². The van der Waals surface area contributed by atoms with Gasteiger partial charge in [-0.2, -0.15) is 0 Å². The van der Waals surface area contributed by atoms with E-state index in [9.17, 15) is 9.59 Å². The predicted molar refractivity (Wildman–Crippen MR) is 113 cm³/mol. The second-order valence-electron chi connectivity index (χ2n) is 6.85. The summed E-state index contributed by atoms with van der Waals surface area (Å²) < 4.78 is 4.68. The molecule has 142 valence electrons. The zero-order valence-corrected chi connectivity index (χ0v) is 16.5. The molecule has 2 aromatic heterocycles. The molecule has 0 spiro atoms. The summed E-state index contributed by atoms with van der Waals surface area (Å²) in [6, 6.07) is 17.6. The molecule has 6 heteroatoms. The third kappa shape index (κ3) is 2.98. The summed E-state index contributed by atoms with van der Waals surface area (Å²) in [6.07, 6.45) is 2.67. The van der Waals surface area contributed by atoms with E-state index in [2.05, 4.69) is 12.1 Å². The lowest BCUT2D eigenvalue weighted by Gasteiger charge is -2.11. The minimum Gasteiger partial charge on any atom is -0.344 e.